The Morgan fingerprint density at radius 2 is 0.818 bits per heavy atom. The van der Waals surface area contributed by atoms with Gasteiger partial charge in [0.2, 0.25) is 0 Å². The van der Waals surface area contributed by atoms with E-state index in [1.165, 1.54) is 0 Å². The van der Waals surface area contributed by atoms with Gasteiger partial charge in [-0.2, -0.15) is 16.8 Å². The Hall–Kier alpha value is 0.246. The largest absolute Gasteiger partial charge is 0.330 e. The molecule has 0 amide bonds. The van der Waals surface area contributed by atoms with E-state index in [-0.39, 0.29) is 16.8 Å². The van der Waals surface area contributed by atoms with Gasteiger partial charge in [-0.3, -0.25) is 9.11 Å². The van der Waals surface area contributed by atoms with Gasteiger partial charge in [-0.25, -0.2) is 10.3 Å². The minimum atomic E-state index is -4.17. The second-order valence-corrected chi connectivity index (χ2v) is 3.09. The van der Waals surface area contributed by atoms with E-state index >= 15 is 0 Å². The Kier molecular flexibility index (Phi) is 9.22. The minimum Gasteiger partial charge on any atom is -0.274 e. The molecule has 11 heavy (non-hydrogen) atoms. The predicted octanol–water partition coefficient (Wildman–Crippen LogP) is -2.51. The van der Waals surface area contributed by atoms with Crippen molar-refractivity contribution in [2.75, 3.05) is 0 Å². The third-order valence-electron chi connectivity index (χ3n) is 0. The molecule has 0 aromatic heterocycles. The summed E-state index contributed by atoms with van der Waals surface area (Å²) in [6.07, 6.45) is 0. The van der Waals surface area contributed by atoms with Crippen LogP contribution < -0.4 is 10.3 Å². The van der Waals surface area contributed by atoms with Crippen molar-refractivity contribution in [1.29, 1.82) is 0 Å². The van der Waals surface area contributed by atoms with Gasteiger partial charge in [-0.1, -0.05) is 0 Å². The third-order valence-corrected chi connectivity index (χ3v) is 0. The Labute approximate surface area is 73.9 Å². The smallest absolute Gasteiger partial charge is 0.274 e. The van der Waals surface area contributed by atoms with Gasteiger partial charge in [0.05, 0.1) is 0 Å². The average molecular weight is 253 g/mol. The summed E-state index contributed by atoms with van der Waals surface area (Å²) in [6.45, 7) is 0. The number of rotatable bonds is 0. The third kappa shape index (κ3) is 11500. The molecule has 0 fully saturated rings. The van der Waals surface area contributed by atoms with Gasteiger partial charge in [0.1, 0.15) is 0 Å². The zero-order valence-corrected chi connectivity index (χ0v) is 7.51. The molecule has 0 saturated carbocycles. The van der Waals surface area contributed by atoms with Crippen LogP contribution in [0.5, 0.6) is 0 Å². The molecular weight excluding hydrogens is 247 g/mol. The van der Waals surface area contributed by atoms with Gasteiger partial charge in [0.15, 0.2) is 0 Å². The molecule has 0 aliphatic heterocycles. The van der Waals surface area contributed by atoms with Crippen LogP contribution >= 0.6 is 0 Å². The standard InChI is InChI=1S/Co.2H3NO3S/c;2*1-5(2,3)4/h;2*(H3,1,2,3,4). The normalized spacial score (nSPS) is 10.5. The number of nitrogens with two attached hydrogens (primary N) is 2. The van der Waals surface area contributed by atoms with Crippen molar-refractivity contribution in [2.45, 2.75) is 0 Å². The molecule has 0 atom stereocenters. The van der Waals surface area contributed by atoms with Crippen molar-refractivity contribution in [3.05, 3.63) is 0 Å². The Balaban J connectivity index is -0.000000107. The fourth-order valence-corrected chi connectivity index (χ4v) is 0. The van der Waals surface area contributed by atoms with E-state index in [0.717, 1.165) is 0 Å². The average Bonchev–Trinajstić information content (AvgIpc) is 1.12. The first-order valence-electron chi connectivity index (χ1n) is 1.50. The molecule has 1 radical (unpaired) electrons. The monoisotopic (exact) mass is 253 g/mol. The number of hydrogen-bond acceptors (Lipinski definition) is 4. The maximum atomic E-state index is 8.97. The molecule has 0 rings (SSSR count). The Morgan fingerprint density at radius 3 is 0.818 bits per heavy atom. The first kappa shape index (κ1) is 17.4. The van der Waals surface area contributed by atoms with E-state index in [9.17, 15) is 0 Å². The van der Waals surface area contributed by atoms with Crippen LogP contribution in [0.15, 0.2) is 0 Å². The molecular formula is H6CoN2O6S2. The predicted molar refractivity (Wildman–Crippen MR) is 31.5 cm³/mol. The SMILES string of the molecule is NS(=O)(=O)O.NS(=O)(=O)O.[Co]. The van der Waals surface area contributed by atoms with Crippen LogP contribution in [-0.2, 0) is 37.4 Å². The quantitative estimate of drug-likeness (QED) is 0.348. The molecule has 8 nitrogen and oxygen atoms in total. The molecule has 73 valence electrons. The summed E-state index contributed by atoms with van der Waals surface area (Å²) in [4.78, 5) is 0. The molecule has 6 N–H and O–H groups in total. The summed E-state index contributed by atoms with van der Waals surface area (Å²) in [6, 6.07) is 0. The molecule has 0 unspecified atom stereocenters. The van der Waals surface area contributed by atoms with Crippen molar-refractivity contribution in [3.8, 4) is 0 Å². The maximum Gasteiger partial charge on any atom is 0.330 e. The minimum absolute atomic E-state index is 0. The summed E-state index contributed by atoms with van der Waals surface area (Å²) < 4.78 is 50.4. The van der Waals surface area contributed by atoms with Crippen LogP contribution in [0, 0.1) is 0 Å². The molecule has 0 aliphatic rings. The molecule has 0 spiro atoms. The molecule has 0 heterocycles. The zero-order chi connectivity index (χ0) is 9.00. The Morgan fingerprint density at radius 1 is 0.818 bits per heavy atom. The Bertz CT molecular complexity index is 215. The van der Waals surface area contributed by atoms with Gasteiger partial charge < -0.3 is 0 Å². The topological polar surface area (TPSA) is 161 Å². The summed E-state index contributed by atoms with van der Waals surface area (Å²) in [5.74, 6) is 0. The van der Waals surface area contributed by atoms with Crippen molar-refractivity contribution in [2.24, 2.45) is 10.3 Å². The van der Waals surface area contributed by atoms with E-state index in [1.807, 2.05) is 0 Å². The first-order valence-corrected chi connectivity index (χ1v) is 4.51. The van der Waals surface area contributed by atoms with E-state index in [4.69, 9.17) is 25.9 Å². The van der Waals surface area contributed by atoms with Crippen LogP contribution in [0.3, 0.4) is 0 Å². The van der Waals surface area contributed by atoms with Crippen LogP contribution in [-0.4, -0.2) is 25.9 Å². The van der Waals surface area contributed by atoms with Crippen LogP contribution in [0.4, 0.5) is 0 Å². The molecule has 0 aromatic carbocycles. The molecule has 0 saturated heterocycles. The summed E-state index contributed by atoms with van der Waals surface area (Å²) in [5.41, 5.74) is 0. The van der Waals surface area contributed by atoms with Gasteiger partial charge in [0.25, 0.3) is 0 Å². The molecule has 0 aliphatic carbocycles. The van der Waals surface area contributed by atoms with Crippen molar-refractivity contribution >= 4 is 20.6 Å². The van der Waals surface area contributed by atoms with Gasteiger partial charge >= 0.3 is 20.6 Å². The second kappa shape index (κ2) is 5.84. The van der Waals surface area contributed by atoms with Crippen molar-refractivity contribution in [3.63, 3.8) is 0 Å². The van der Waals surface area contributed by atoms with Gasteiger partial charge in [0, 0.05) is 16.8 Å². The fourth-order valence-electron chi connectivity index (χ4n) is 0. The van der Waals surface area contributed by atoms with E-state index in [2.05, 4.69) is 10.3 Å². The molecule has 0 bridgehead atoms. The van der Waals surface area contributed by atoms with E-state index < -0.39 is 20.6 Å². The summed E-state index contributed by atoms with van der Waals surface area (Å²) in [5, 5.41) is 7.76. The fraction of sp³-hybridized carbons (Fsp3) is 0. The van der Waals surface area contributed by atoms with Crippen LogP contribution in [0.1, 0.15) is 0 Å². The molecule has 0 aromatic rings. The summed E-state index contributed by atoms with van der Waals surface area (Å²) in [7, 11) is -8.33. The van der Waals surface area contributed by atoms with Crippen LogP contribution in [0.2, 0.25) is 0 Å². The van der Waals surface area contributed by atoms with Gasteiger partial charge in [-0.15, -0.1) is 0 Å². The second-order valence-electron chi connectivity index (χ2n) is 1.03. The summed E-state index contributed by atoms with van der Waals surface area (Å²) >= 11 is 0. The maximum absolute atomic E-state index is 8.97. The number of hydrogen-bond donors (Lipinski definition) is 4. The van der Waals surface area contributed by atoms with E-state index in [0.29, 0.717) is 0 Å². The van der Waals surface area contributed by atoms with Crippen molar-refractivity contribution < 1.29 is 42.7 Å². The van der Waals surface area contributed by atoms with Crippen LogP contribution in [0.25, 0.3) is 0 Å². The van der Waals surface area contributed by atoms with Gasteiger partial charge in [-0.05, 0) is 0 Å². The zero-order valence-electron chi connectivity index (χ0n) is 4.83. The van der Waals surface area contributed by atoms with Crippen molar-refractivity contribution in [1.82, 2.24) is 0 Å². The van der Waals surface area contributed by atoms with E-state index in [1.54, 1.807) is 0 Å². The molecule has 11 heteroatoms. The first-order chi connectivity index (χ1) is 4.00.